The van der Waals surface area contributed by atoms with Crippen LogP contribution in [0.2, 0.25) is 0 Å². The third-order valence-corrected chi connectivity index (χ3v) is 4.64. The minimum absolute atomic E-state index is 0.0992. The first kappa shape index (κ1) is 13.9. The second kappa shape index (κ2) is 5.38. The van der Waals surface area contributed by atoms with E-state index in [2.05, 4.69) is 37.8 Å². The van der Waals surface area contributed by atoms with Crippen LogP contribution in [0.5, 0.6) is 5.75 Å². The van der Waals surface area contributed by atoms with E-state index in [9.17, 15) is 5.11 Å². The van der Waals surface area contributed by atoms with E-state index in [-0.39, 0.29) is 6.04 Å². The molecular formula is C17H25NO2. The van der Waals surface area contributed by atoms with Crippen molar-refractivity contribution in [1.82, 2.24) is 4.90 Å². The zero-order valence-corrected chi connectivity index (χ0v) is 12.7. The quantitative estimate of drug-likeness (QED) is 0.855. The number of nitrogens with zero attached hydrogens (tertiary/aromatic N) is 1. The fraction of sp³-hybridized carbons (Fsp3) is 0.647. The van der Waals surface area contributed by atoms with Crippen molar-refractivity contribution < 1.29 is 9.84 Å². The fourth-order valence-electron chi connectivity index (χ4n) is 3.80. The highest BCUT2D eigenvalue weighted by molar-refractivity contribution is 5.47. The summed E-state index contributed by atoms with van der Waals surface area (Å²) in [5, 5.41) is 10.5. The van der Waals surface area contributed by atoms with Gasteiger partial charge in [0.2, 0.25) is 0 Å². The summed E-state index contributed by atoms with van der Waals surface area (Å²) < 4.78 is 5.77. The highest BCUT2D eigenvalue weighted by Gasteiger charge is 2.36. The van der Waals surface area contributed by atoms with E-state index >= 15 is 0 Å². The second-order valence-corrected chi connectivity index (χ2v) is 6.56. The van der Waals surface area contributed by atoms with Gasteiger partial charge in [0.25, 0.3) is 0 Å². The molecule has 0 aliphatic carbocycles. The lowest BCUT2D eigenvalue weighted by Gasteiger charge is -2.43. The van der Waals surface area contributed by atoms with Crippen LogP contribution >= 0.6 is 0 Å². The number of ether oxygens (including phenoxy) is 1. The molecule has 1 saturated heterocycles. The molecule has 3 nitrogen and oxygen atoms in total. The molecule has 0 aromatic heterocycles. The number of piperidine rings is 1. The van der Waals surface area contributed by atoms with E-state index in [1.807, 2.05) is 0 Å². The molecule has 2 aliphatic rings. The number of aliphatic hydroxyl groups excluding tert-OH is 1. The van der Waals surface area contributed by atoms with Crippen molar-refractivity contribution in [2.45, 2.75) is 45.8 Å². The van der Waals surface area contributed by atoms with Crippen LogP contribution in [-0.2, 0) is 0 Å². The lowest BCUT2D eigenvalue weighted by Crippen LogP contribution is -2.46. The van der Waals surface area contributed by atoms with Gasteiger partial charge in [0.1, 0.15) is 18.5 Å². The summed E-state index contributed by atoms with van der Waals surface area (Å²) in [6, 6.07) is 4.40. The molecular weight excluding hydrogens is 250 g/mol. The Balaban J connectivity index is 1.99. The molecule has 1 aromatic rings. The van der Waals surface area contributed by atoms with Crippen LogP contribution in [0.3, 0.4) is 0 Å². The van der Waals surface area contributed by atoms with Gasteiger partial charge in [0.15, 0.2) is 0 Å². The van der Waals surface area contributed by atoms with E-state index in [1.54, 1.807) is 0 Å². The molecule has 2 heterocycles. The van der Waals surface area contributed by atoms with E-state index in [0.29, 0.717) is 12.5 Å². The summed E-state index contributed by atoms with van der Waals surface area (Å²) >= 11 is 0. The van der Waals surface area contributed by atoms with Crippen molar-refractivity contribution in [3.8, 4) is 5.75 Å². The number of aryl methyl sites for hydroxylation is 2. The summed E-state index contributed by atoms with van der Waals surface area (Å²) in [5.74, 6) is 1.68. The maximum Gasteiger partial charge on any atom is 0.124 e. The van der Waals surface area contributed by atoms with Crippen LogP contribution < -0.4 is 4.74 Å². The molecule has 3 atom stereocenters. The SMILES string of the molecule is Cc1cc(C)c2c(c1)OCC(O)C2N1CCCC(C)C1. The highest BCUT2D eigenvalue weighted by Crippen LogP contribution is 2.40. The summed E-state index contributed by atoms with van der Waals surface area (Å²) in [7, 11) is 0. The topological polar surface area (TPSA) is 32.7 Å². The van der Waals surface area contributed by atoms with Gasteiger partial charge in [0, 0.05) is 12.1 Å². The van der Waals surface area contributed by atoms with Crippen LogP contribution in [0.1, 0.15) is 42.5 Å². The molecule has 0 bridgehead atoms. The molecule has 110 valence electrons. The van der Waals surface area contributed by atoms with Crippen LogP contribution in [0, 0.1) is 19.8 Å². The molecule has 3 rings (SSSR count). The normalized spacial score (nSPS) is 30.7. The molecule has 0 radical (unpaired) electrons. The van der Waals surface area contributed by atoms with E-state index in [4.69, 9.17) is 4.74 Å². The number of likely N-dealkylation sites (tertiary alicyclic amines) is 1. The molecule has 1 aromatic carbocycles. The average Bonchev–Trinajstić information content (AvgIpc) is 2.39. The van der Waals surface area contributed by atoms with Crippen LogP contribution in [0.4, 0.5) is 0 Å². The van der Waals surface area contributed by atoms with E-state index < -0.39 is 6.10 Å². The fourth-order valence-corrected chi connectivity index (χ4v) is 3.80. The highest BCUT2D eigenvalue weighted by atomic mass is 16.5. The molecule has 0 spiro atoms. The van der Waals surface area contributed by atoms with E-state index in [1.165, 1.54) is 29.5 Å². The summed E-state index contributed by atoms with van der Waals surface area (Å²) in [5.41, 5.74) is 3.66. The maximum absolute atomic E-state index is 10.5. The van der Waals surface area contributed by atoms with Gasteiger partial charge in [-0.15, -0.1) is 0 Å². The van der Waals surface area contributed by atoms with Crippen molar-refractivity contribution >= 4 is 0 Å². The Morgan fingerprint density at radius 1 is 1.30 bits per heavy atom. The van der Waals surface area contributed by atoms with Crippen molar-refractivity contribution in [3.63, 3.8) is 0 Å². The zero-order valence-electron chi connectivity index (χ0n) is 12.7. The van der Waals surface area contributed by atoms with Crippen LogP contribution in [-0.4, -0.2) is 35.8 Å². The zero-order chi connectivity index (χ0) is 14.3. The molecule has 3 unspecified atom stereocenters. The first-order valence-electron chi connectivity index (χ1n) is 7.72. The summed E-state index contributed by atoms with van der Waals surface area (Å²) in [6.07, 6.45) is 2.11. The number of hydrogen-bond donors (Lipinski definition) is 1. The first-order chi connectivity index (χ1) is 9.56. The Labute approximate surface area is 121 Å². The summed E-state index contributed by atoms with van der Waals surface area (Å²) in [6.45, 7) is 9.10. The molecule has 1 fully saturated rings. The smallest absolute Gasteiger partial charge is 0.124 e. The Morgan fingerprint density at radius 3 is 2.85 bits per heavy atom. The van der Waals surface area contributed by atoms with Gasteiger partial charge in [-0.25, -0.2) is 0 Å². The van der Waals surface area contributed by atoms with Crippen molar-refractivity contribution in [1.29, 1.82) is 0 Å². The first-order valence-corrected chi connectivity index (χ1v) is 7.72. The van der Waals surface area contributed by atoms with Gasteiger partial charge in [-0.1, -0.05) is 13.0 Å². The van der Waals surface area contributed by atoms with Gasteiger partial charge in [-0.3, -0.25) is 4.90 Å². The number of hydrogen-bond acceptors (Lipinski definition) is 3. The number of fused-ring (bicyclic) bond motifs is 1. The molecule has 3 heteroatoms. The molecule has 0 amide bonds. The molecule has 2 aliphatic heterocycles. The van der Waals surface area contributed by atoms with E-state index in [0.717, 1.165) is 18.8 Å². The van der Waals surface area contributed by atoms with Crippen molar-refractivity contribution in [2.24, 2.45) is 5.92 Å². The monoisotopic (exact) mass is 275 g/mol. The summed E-state index contributed by atoms with van der Waals surface area (Å²) in [4.78, 5) is 2.46. The second-order valence-electron chi connectivity index (χ2n) is 6.56. The maximum atomic E-state index is 10.5. The standard InChI is InChI=1S/C17H25NO2/c1-11-5-4-6-18(9-11)17-14(19)10-20-15-8-12(2)7-13(3)16(15)17/h7-8,11,14,17,19H,4-6,9-10H2,1-3H3. The minimum Gasteiger partial charge on any atom is -0.490 e. The third kappa shape index (κ3) is 2.45. The van der Waals surface area contributed by atoms with Crippen LogP contribution in [0.15, 0.2) is 12.1 Å². The molecule has 1 N–H and O–H groups in total. The van der Waals surface area contributed by atoms with Gasteiger partial charge in [-0.2, -0.15) is 0 Å². The largest absolute Gasteiger partial charge is 0.490 e. The lowest BCUT2D eigenvalue weighted by atomic mass is 9.89. The third-order valence-electron chi connectivity index (χ3n) is 4.64. The van der Waals surface area contributed by atoms with Crippen molar-refractivity contribution in [3.05, 3.63) is 28.8 Å². The number of benzene rings is 1. The van der Waals surface area contributed by atoms with Gasteiger partial charge < -0.3 is 9.84 Å². The predicted octanol–water partition coefficient (Wildman–Crippen LogP) is 2.83. The van der Waals surface area contributed by atoms with Gasteiger partial charge in [-0.05, 0) is 56.3 Å². The predicted molar refractivity (Wildman–Crippen MR) is 80.1 cm³/mol. The van der Waals surface area contributed by atoms with Gasteiger partial charge >= 0.3 is 0 Å². The van der Waals surface area contributed by atoms with Gasteiger partial charge in [0.05, 0.1) is 6.04 Å². The Bertz CT molecular complexity index is 500. The molecule has 20 heavy (non-hydrogen) atoms. The van der Waals surface area contributed by atoms with Crippen molar-refractivity contribution in [2.75, 3.05) is 19.7 Å². The molecule has 0 saturated carbocycles. The Kier molecular flexibility index (Phi) is 3.74. The van der Waals surface area contributed by atoms with Crippen LogP contribution in [0.25, 0.3) is 0 Å². The average molecular weight is 275 g/mol. The number of aliphatic hydroxyl groups is 1. The Morgan fingerprint density at radius 2 is 2.10 bits per heavy atom. The number of rotatable bonds is 1. The minimum atomic E-state index is -0.422. The Hall–Kier alpha value is -1.06. The lowest BCUT2D eigenvalue weighted by molar-refractivity contribution is -0.0144.